The Bertz CT molecular complexity index is 253. The summed E-state index contributed by atoms with van der Waals surface area (Å²) in [6.07, 6.45) is 0.576. The van der Waals surface area contributed by atoms with Gasteiger partial charge in [0, 0.05) is 6.20 Å². The van der Waals surface area contributed by atoms with E-state index in [0.717, 1.165) is 5.56 Å². The fraction of sp³-hybridized carbons (Fsp3) is 0.375. The van der Waals surface area contributed by atoms with Gasteiger partial charge in [-0.3, -0.25) is 4.98 Å². The summed E-state index contributed by atoms with van der Waals surface area (Å²) in [6.45, 7) is 1.20. The topological polar surface area (TPSA) is 22.1 Å². The van der Waals surface area contributed by atoms with Gasteiger partial charge in [-0.2, -0.15) is 0 Å². The van der Waals surface area contributed by atoms with Crippen molar-refractivity contribution in [2.75, 3.05) is 6.61 Å². The number of alkyl halides is 2. The molecule has 0 fully saturated rings. The minimum Gasteiger partial charge on any atom is -0.486 e. The molecule has 0 atom stereocenters. The Morgan fingerprint density at radius 3 is 2.92 bits per heavy atom. The van der Waals surface area contributed by atoms with Crippen LogP contribution in [-0.4, -0.2) is 18.0 Å². The van der Waals surface area contributed by atoms with Crippen molar-refractivity contribution in [3.63, 3.8) is 0 Å². The zero-order chi connectivity index (χ0) is 8.97. The van der Waals surface area contributed by atoms with Gasteiger partial charge in [-0.05, 0) is 18.6 Å². The highest BCUT2D eigenvalue weighted by Gasteiger charge is 2.04. The number of hydrogen-bond acceptors (Lipinski definition) is 2. The first-order chi connectivity index (χ1) is 5.70. The Kier molecular flexibility index (Phi) is 2.96. The maximum Gasteiger partial charge on any atom is 0.272 e. The molecule has 0 unspecified atom stereocenters. The number of hydrogen-bond donors (Lipinski definition) is 0. The van der Waals surface area contributed by atoms with Gasteiger partial charge in [0.25, 0.3) is 6.43 Å². The fourth-order valence-electron chi connectivity index (χ4n) is 0.753. The van der Waals surface area contributed by atoms with E-state index in [4.69, 9.17) is 4.74 Å². The summed E-state index contributed by atoms with van der Waals surface area (Å²) in [5.41, 5.74) is 0.811. The van der Waals surface area contributed by atoms with Gasteiger partial charge < -0.3 is 4.74 Å². The third kappa shape index (κ3) is 2.45. The van der Waals surface area contributed by atoms with Crippen LogP contribution in [0.1, 0.15) is 5.56 Å². The molecule has 1 heterocycles. The van der Waals surface area contributed by atoms with Crippen molar-refractivity contribution in [2.45, 2.75) is 13.3 Å². The summed E-state index contributed by atoms with van der Waals surface area (Å²) in [4.78, 5) is 3.75. The van der Waals surface area contributed by atoms with Crippen molar-refractivity contribution < 1.29 is 13.5 Å². The molecule has 0 bridgehead atoms. The molecule has 0 radical (unpaired) electrons. The van der Waals surface area contributed by atoms with E-state index in [1.165, 1.54) is 6.20 Å². The largest absolute Gasteiger partial charge is 0.486 e. The third-order valence-corrected chi connectivity index (χ3v) is 1.36. The second-order valence-corrected chi connectivity index (χ2v) is 2.34. The summed E-state index contributed by atoms with van der Waals surface area (Å²) in [6, 6.07) is 1.71. The van der Waals surface area contributed by atoms with Crippen LogP contribution in [0, 0.1) is 6.92 Å². The molecule has 0 aliphatic heterocycles. The van der Waals surface area contributed by atoms with Crippen molar-refractivity contribution in [1.82, 2.24) is 4.98 Å². The van der Waals surface area contributed by atoms with Crippen LogP contribution in [0.3, 0.4) is 0 Å². The molecule has 0 aliphatic rings. The summed E-state index contributed by atoms with van der Waals surface area (Å²) >= 11 is 0. The monoisotopic (exact) mass is 173 g/mol. The van der Waals surface area contributed by atoms with Crippen LogP contribution in [-0.2, 0) is 0 Å². The maximum absolute atomic E-state index is 11.7. The number of aromatic nitrogens is 1. The van der Waals surface area contributed by atoms with Gasteiger partial charge in [0.2, 0.25) is 0 Å². The van der Waals surface area contributed by atoms with E-state index in [9.17, 15) is 8.78 Å². The number of rotatable bonds is 3. The molecular weight excluding hydrogens is 164 g/mol. The average molecular weight is 173 g/mol. The van der Waals surface area contributed by atoms with Gasteiger partial charge in [-0.25, -0.2) is 8.78 Å². The number of pyridine rings is 1. The van der Waals surface area contributed by atoms with E-state index >= 15 is 0 Å². The van der Waals surface area contributed by atoms with Gasteiger partial charge in [0.15, 0.2) is 0 Å². The summed E-state index contributed by atoms with van der Waals surface area (Å²) in [7, 11) is 0. The van der Waals surface area contributed by atoms with Crippen LogP contribution in [0.25, 0.3) is 0 Å². The lowest BCUT2D eigenvalue weighted by Gasteiger charge is -2.06. The molecule has 12 heavy (non-hydrogen) atoms. The normalized spacial score (nSPS) is 10.3. The molecule has 1 rings (SSSR count). The lowest BCUT2D eigenvalue weighted by molar-refractivity contribution is 0.0814. The highest BCUT2D eigenvalue weighted by atomic mass is 19.3. The van der Waals surface area contributed by atoms with Crippen molar-refractivity contribution in [3.8, 4) is 5.75 Å². The lowest BCUT2D eigenvalue weighted by atomic mass is 10.3. The second-order valence-electron chi connectivity index (χ2n) is 2.34. The summed E-state index contributed by atoms with van der Waals surface area (Å²) < 4.78 is 28.2. The van der Waals surface area contributed by atoms with Crippen molar-refractivity contribution in [3.05, 3.63) is 24.0 Å². The number of halogens is 2. The average Bonchev–Trinajstić information content (AvgIpc) is 2.03. The first-order valence-corrected chi connectivity index (χ1v) is 3.51. The van der Waals surface area contributed by atoms with E-state index < -0.39 is 13.0 Å². The number of aryl methyl sites for hydroxylation is 1. The molecule has 4 heteroatoms. The summed E-state index contributed by atoms with van der Waals surface area (Å²) in [5, 5.41) is 0. The van der Waals surface area contributed by atoms with Crippen LogP contribution >= 0.6 is 0 Å². The molecule has 2 nitrogen and oxygen atoms in total. The fourth-order valence-corrected chi connectivity index (χ4v) is 0.753. The Labute approximate surface area is 69.2 Å². The van der Waals surface area contributed by atoms with Crippen LogP contribution in [0.4, 0.5) is 8.78 Å². The highest BCUT2D eigenvalue weighted by Crippen LogP contribution is 2.14. The Hall–Kier alpha value is -1.19. The quantitative estimate of drug-likeness (QED) is 0.697. The second kappa shape index (κ2) is 3.99. The Morgan fingerprint density at radius 2 is 2.33 bits per heavy atom. The smallest absolute Gasteiger partial charge is 0.272 e. The SMILES string of the molecule is Cc1ccncc1OCC(F)F. The molecule has 0 saturated heterocycles. The summed E-state index contributed by atoms with van der Waals surface area (Å²) in [5.74, 6) is 0.415. The van der Waals surface area contributed by atoms with E-state index in [1.54, 1.807) is 19.2 Å². The molecule has 0 saturated carbocycles. The molecule has 66 valence electrons. The number of nitrogens with zero attached hydrogens (tertiary/aromatic N) is 1. The molecule has 0 N–H and O–H groups in total. The van der Waals surface area contributed by atoms with Crippen molar-refractivity contribution in [1.29, 1.82) is 0 Å². The molecule has 1 aromatic rings. The minimum atomic E-state index is -2.44. The lowest BCUT2D eigenvalue weighted by Crippen LogP contribution is -2.07. The first kappa shape index (κ1) is 8.90. The highest BCUT2D eigenvalue weighted by molar-refractivity contribution is 5.27. The van der Waals surface area contributed by atoms with Gasteiger partial charge in [-0.1, -0.05) is 0 Å². The van der Waals surface area contributed by atoms with Gasteiger partial charge in [0.1, 0.15) is 12.4 Å². The molecule has 0 aliphatic carbocycles. The zero-order valence-electron chi connectivity index (χ0n) is 6.63. The predicted octanol–water partition coefficient (Wildman–Crippen LogP) is 2.03. The Morgan fingerprint density at radius 1 is 1.58 bits per heavy atom. The van der Waals surface area contributed by atoms with Crippen molar-refractivity contribution in [2.24, 2.45) is 0 Å². The zero-order valence-corrected chi connectivity index (χ0v) is 6.63. The minimum absolute atomic E-state index is 0.415. The van der Waals surface area contributed by atoms with E-state index in [2.05, 4.69) is 4.98 Å². The number of ether oxygens (including phenoxy) is 1. The Balaban J connectivity index is 2.57. The third-order valence-electron chi connectivity index (χ3n) is 1.36. The van der Waals surface area contributed by atoms with Crippen LogP contribution in [0.5, 0.6) is 5.75 Å². The van der Waals surface area contributed by atoms with Gasteiger partial charge in [-0.15, -0.1) is 0 Å². The first-order valence-electron chi connectivity index (χ1n) is 3.51. The van der Waals surface area contributed by atoms with Gasteiger partial charge in [0.05, 0.1) is 6.20 Å². The van der Waals surface area contributed by atoms with Crippen LogP contribution < -0.4 is 4.74 Å². The molecular formula is C8H9F2NO. The van der Waals surface area contributed by atoms with Gasteiger partial charge >= 0.3 is 0 Å². The van der Waals surface area contributed by atoms with E-state index in [-0.39, 0.29) is 0 Å². The van der Waals surface area contributed by atoms with Crippen LogP contribution in [0.2, 0.25) is 0 Å². The molecule has 0 amide bonds. The molecule has 1 aromatic heterocycles. The van der Waals surface area contributed by atoms with E-state index in [0.29, 0.717) is 5.75 Å². The van der Waals surface area contributed by atoms with Crippen molar-refractivity contribution >= 4 is 0 Å². The van der Waals surface area contributed by atoms with E-state index in [1.807, 2.05) is 0 Å². The van der Waals surface area contributed by atoms with Crippen LogP contribution in [0.15, 0.2) is 18.5 Å². The predicted molar refractivity (Wildman–Crippen MR) is 40.5 cm³/mol. The molecule has 0 aromatic carbocycles. The standard InChI is InChI=1S/C8H9F2NO/c1-6-2-3-11-4-7(6)12-5-8(9)10/h2-4,8H,5H2,1H3. The maximum atomic E-state index is 11.7. The molecule has 0 spiro atoms.